The summed E-state index contributed by atoms with van der Waals surface area (Å²) in [4.78, 5) is 15.8. The summed E-state index contributed by atoms with van der Waals surface area (Å²) in [6.45, 7) is 3.65. The number of pyridine rings is 1. The molecule has 0 saturated carbocycles. The summed E-state index contributed by atoms with van der Waals surface area (Å²) in [5.41, 5.74) is 0.536. The lowest BCUT2D eigenvalue weighted by molar-refractivity contribution is -0.143. The summed E-state index contributed by atoms with van der Waals surface area (Å²) >= 11 is 0. The standard InChI is InChI=1S/C16H17FN2O2/c1-3-16(15(20)21,14-9-8-12(17)10-18-14)19-13-7-5-4-6-11(13)2/h4-10,19H,3H2,1-2H3,(H,20,21). The number of aryl methyl sites for hydroxylation is 1. The smallest absolute Gasteiger partial charge is 0.335 e. The molecule has 0 spiro atoms. The summed E-state index contributed by atoms with van der Waals surface area (Å²) in [7, 11) is 0. The van der Waals surface area contributed by atoms with Crippen LogP contribution in [0.1, 0.15) is 24.6 Å². The molecule has 5 heteroatoms. The molecule has 110 valence electrons. The van der Waals surface area contributed by atoms with Crippen LogP contribution in [0.15, 0.2) is 42.6 Å². The van der Waals surface area contributed by atoms with Crippen molar-refractivity contribution in [2.45, 2.75) is 25.8 Å². The van der Waals surface area contributed by atoms with Crippen molar-refractivity contribution in [3.63, 3.8) is 0 Å². The number of hydrogen-bond donors (Lipinski definition) is 2. The lowest BCUT2D eigenvalue weighted by Crippen LogP contribution is -2.44. The highest BCUT2D eigenvalue weighted by Gasteiger charge is 2.40. The molecule has 0 radical (unpaired) electrons. The van der Waals surface area contributed by atoms with Crippen molar-refractivity contribution < 1.29 is 14.3 Å². The van der Waals surface area contributed by atoms with Gasteiger partial charge in [0.25, 0.3) is 0 Å². The molecule has 21 heavy (non-hydrogen) atoms. The quantitative estimate of drug-likeness (QED) is 0.886. The van der Waals surface area contributed by atoms with E-state index in [1.165, 1.54) is 12.1 Å². The normalized spacial score (nSPS) is 13.5. The fourth-order valence-corrected chi connectivity index (χ4v) is 2.22. The van der Waals surface area contributed by atoms with Gasteiger partial charge in [0.05, 0.1) is 11.9 Å². The van der Waals surface area contributed by atoms with Gasteiger partial charge in [-0.3, -0.25) is 4.98 Å². The molecule has 0 saturated heterocycles. The SMILES string of the molecule is CCC(Nc1ccccc1C)(C(=O)O)c1ccc(F)cn1. The van der Waals surface area contributed by atoms with E-state index in [0.717, 1.165) is 11.8 Å². The Labute approximate surface area is 122 Å². The fourth-order valence-electron chi connectivity index (χ4n) is 2.22. The zero-order chi connectivity index (χ0) is 15.5. The summed E-state index contributed by atoms with van der Waals surface area (Å²) < 4.78 is 13.0. The fraction of sp³-hybridized carbons (Fsp3) is 0.250. The average molecular weight is 288 g/mol. The number of hydrogen-bond acceptors (Lipinski definition) is 3. The minimum Gasteiger partial charge on any atom is -0.479 e. The van der Waals surface area contributed by atoms with Crippen molar-refractivity contribution >= 4 is 11.7 Å². The van der Waals surface area contributed by atoms with E-state index >= 15 is 0 Å². The van der Waals surface area contributed by atoms with Crippen LogP contribution in [0.4, 0.5) is 10.1 Å². The third-order valence-electron chi connectivity index (χ3n) is 3.55. The van der Waals surface area contributed by atoms with Crippen molar-refractivity contribution in [2.24, 2.45) is 0 Å². The zero-order valence-electron chi connectivity index (χ0n) is 11.9. The van der Waals surface area contributed by atoms with Crippen LogP contribution in [0.2, 0.25) is 0 Å². The Morgan fingerprint density at radius 2 is 2.05 bits per heavy atom. The molecule has 0 fully saturated rings. The van der Waals surface area contributed by atoms with Crippen molar-refractivity contribution in [1.82, 2.24) is 4.98 Å². The predicted molar refractivity (Wildman–Crippen MR) is 78.6 cm³/mol. The predicted octanol–water partition coefficient (Wildman–Crippen LogP) is 3.33. The Bertz CT molecular complexity index is 643. The third kappa shape index (κ3) is 2.86. The number of para-hydroxylation sites is 1. The second-order valence-electron chi connectivity index (χ2n) is 4.87. The summed E-state index contributed by atoms with van der Waals surface area (Å²) in [6.07, 6.45) is 1.30. The molecule has 0 amide bonds. The van der Waals surface area contributed by atoms with Gasteiger partial charge in [-0.2, -0.15) is 0 Å². The molecule has 2 aromatic rings. The molecule has 1 heterocycles. The van der Waals surface area contributed by atoms with Crippen molar-refractivity contribution in [1.29, 1.82) is 0 Å². The summed E-state index contributed by atoms with van der Waals surface area (Å²) in [6, 6.07) is 10.0. The molecule has 1 atom stereocenters. The first-order valence-electron chi connectivity index (χ1n) is 6.69. The first-order valence-corrected chi connectivity index (χ1v) is 6.69. The topological polar surface area (TPSA) is 62.2 Å². The number of nitrogens with zero attached hydrogens (tertiary/aromatic N) is 1. The van der Waals surface area contributed by atoms with Gasteiger partial charge in [-0.15, -0.1) is 0 Å². The third-order valence-corrected chi connectivity index (χ3v) is 3.55. The van der Waals surface area contributed by atoms with Crippen LogP contribution in [0.5, 0.6) is 0 Å². The second-order valence-corrected chi connectivity index (χ2v) is 4.87. The zero-order valence-corrected chi connectivity index (χ0v) is 11.9. The van der Waals surface area contributed by atoms with Gasteiger partial charge in [-0.25, -0.2) is 9.18 Å². The van der Waals surface area contributed by atoms with Crippen LogP contribution in [-0.2, 0) is 10.3 Å². The van der Waals surface area contributed by atoms with Gasteiger partial charge in [0.15, 0.2) is 5.54 Å². The highest BCUT2D eigenvalue weighted by atomic mass is 19.1. The molecule has 2 rings (SSSR count). The minimum atomic E-state index is -1.39. The van der Waals surface area contributed by atoms with Crippen molar-refractivity contribution in [3.8, 4) is 0 Å². The van der Waals surface area contributed by atoms with Gasteiger partial charge in [0.2, 0.25) is 0 Å². The number of carboxylic acids is 1. The van der Waals surface area contributed by atoms with Crippen LogP contribution in [0.25, 0.3) is 0 Å². The summed E-state index contributed by atoms with van der Waals surface area (Å²) in [5.74, 6) is -1.54. The maximum absolute atomic E-state index is 13.0. The number of anilines is 1. The number of rotatable bonds is 5. The maximum Gasteiger partial charge on any atom is 0.335 e. The van der Waals surface area contributed by atoms with Gasteiger partial charge in [0, 0.05) is 5.69 Å². The number of carboxylic acid groups (broad SMARTS) is 1. The molecule has 2 N–H and O–H groups in total. The van der Waals surface area contributed by atoms with E-state index < -0.39 is 17.3 Å². The molecule has 0 bridgehead atoms. The number of carbonyl (C=O) groups is 1. The van der Waals surface area contributed by atoms with E-state index in [2.05, 4.69) is 10.3 Å². The molecule has 0 aliphatic rings. The van der Waals surface area contributed by atoms with Crippen LogP contribution >= 0.6 is 0 Å². The van der Waals surface area contributed by atoms with Crippen molar-refractivity contribution in [2.75, 3.05) is 5.32 Å². The maximum atomic E-state index is 13.0. The number of aliphatic carboxylic acids is 1. The van der Waals surface area contributed by atoms with Crippen LogP contribution in [-0.4, -0.2) is 16.1 Å². The Balaban J connectivity index is 2.50. The molecule has 4 nitrogen and oxygen atoms in total. The van der Waals surface area contributed by atoms with E-state index in [0.29, 0.717) is 5.69 Å². The first-order chi connectivity index (χ1) is 9.99. The Hall–Kier alpha value is -2.43. The van der Waals surface area contributed by atoms with Crippen LogP contribution in [0, 0.1) is 12.7 Å². The van der Waals surface area contributed by atoms with E-state index in [-0.39, 0.29) is 12.1 Å². The molecule has 1 aromatic heterocycles. The number of benzene rings is 1. The number of aromatic nitrogens is 1. The first kappa shape index (κ1) is 15.0. The average Bonchev–Trinajstić information content (AvgIpc) is 2.47. The van der Waals surface area contributed by atoms with Gasteiger partial charge in [-0.1, -0.05) is 25.1 Å². The molecule has 0 aliphatic carbocycles. The van der Waals surface area contributed by atoms with Gasteiger partial charge >= 0.3 is 5.97 Å². The van der Waals surface area contributed by atoms with Crippen molar-refractivity contribution in [3.05, 3.63) is 59.7 Å². The van der Waals surface area contributed by atoms with Gasteiger partial charge in [0.1, 0.15) is 5.82 Å². The monoisotopic (exact) mass is 288 g/mol. The van der Waals surface area contributed by atoms with E-state index in [1.807, 2.05) is 31.2 Å². The van der Waals surface area contributed by atoms with E-state index in [1.54, 1.807) is 6.92 Å². The molecule has 1 unspecified atom stereocenters. The van der Waals surface area contributed by atoms with Gasteiger partial charge < -0.3 is 10.4 Å². The van der Waals surface area contributed by atoms with E-state index in [9.17, 15) is 14.3 Å². The number of nitrogens with one attached hydrogen (secondary N) is 1. The minimum absolute atomic E-state index is 0.273. The van der Waals surface area contributed by atoms with E-state index in [4.69, 9.17) is 0 Å². The largest absolute Gasteiger partial charge is 0.479 e. The van der Waals surface area contributed by atoms with Gasteiger partial charge in [-0.05, 0) is 37.1 Å². The van der Waals surface area contributed by atoms with Crippen LogP contribution in [0.3, 0.4) is 0 Å². The number of halogens is 1. The molecular weight excluding hydrogens is 271 g/mol. The second kappa shape index (κ2) is 5.91. The Morgan fingerprint density at radius 1 is 1.33 bits per heavy atom. The Morgan fingerprint density at radius 3 is 2.57 bits per heavy atom. The highest BCUT2D eigenvalue weighted by molar-refractivity contribution is 5.84. The molecule has 1 aromatic carbocycles. The highest BCUT2D eigenvalue weighted by Crippen LogP contribution is 2.30. The Kier molecular flexibility index (Phi) is 4.21. The molecule has 0 aliphatic heterocycles. The lowest BCUT2D eigenvalue weighted by atomic mass is 9.90. The summed E-state index contributed by atoms with van der Waals surface area (Å²) in [5, 5.41) is 12.8. The lowest BCUT2D eigenvalue weighted by Gasteiger charge is -2.30. The van der Waals surface area contributed by atoms with Crippen LogP contribution < -0.4 is 5.32 Å². The molecular formula is C16H17FN2O2.